The molecular weight excluding hydrogens is 368 g/mol. The van der Waals surface area contributed by atoms with Crippen LogP contribution in [0, 0.1) is 0 Å². The lowest BCUT2D eigenvalue weighted by molar-refractivity contribution is 0.102. The minimum atomic E-state index is -3.39. The third kappa shape index (κ3) is 4.22. The monoisotopic (exact) mass is 388 g/mol. The minimum absolute atomic E-state index is 0.0891. The van der Waals surface area contributed by atoms with Crippen molar-refractivity contribution in [2.24, 2.45) is 0 Å². The number of anilines is 1. The van der Waals surface area contributed by atoms with Gasteiger partial charge < -0.3 is 20.1 Å². The van der Waals surface area contributed by atoms with Gasteiger partial charge in [-0.3, -0.25) is 4.79 Å². The average molecular weight is 388 g/mol. The van der Waals surface area contributed by atoms with Crippen LogP contribution in [0.2, 0.25) is 0 Å². The number of hydrogen-bond donors (Lipinski definition) is 2. The van der Waals surface area contributed by atoms with E-state index in [2.05, 4.69) is 10.6 Å². The number of hydrogen-bond acceptors (Lipinski definition) is 6. The molecule has 3 rings (SSSR count). The standard InChI is InChI=1S/C19H20N2O5S/c1-12-20-17(11-26-12)13-5-4-6-14(9-13)21-19(22)16-8-7-15(27(3,23)24)10-18(16)25-2/h4-12,20H,1-3H3,(H,21,22). The Labute approximate surface area is 157 Å². The highest BCUT2D eigenvalue weighted by molar-refractivity contribution is 7.90. The van der Waals surface area contributed by atoms with Gasteiger partial charge in [0.1, 0.15) is 12.0 Å². The lowest BCUT2D eigenvalue weighted by atomic mass is 10.1. The average Bonchev–Trinajstić information content (AvgIpc) is 3.07. The highest BCUT2D eigenvalue weighted by Gasteiger charge is 2.18. The van der Waals surface area contributed by atoms with E-state index in [1.54, 1.807) is 12.3 Å². The molecule has 1 atom stereocenters. The molecule has 2 aromatic carbocycles. The first-order valence-electron chi connectivity index (χ1n) is 8.20. The molecule has 2 aromatic rings. The fraction of sp³-hybridized carbons (Fsp3) is 0.211. The van der Waals surface area contributed by atoms with Gasteiger partial charge in [0.25, 0.3) is 5.91 Å². The first-order chi connectivity index (χ1) is 12.8. The molecule has 2 N–H and O–H groups in total. The van der Waals surface area contributed by atoms with E-state index in [9.17, 15) is 13.2 Å². The van der Waals surface area contributed by atoms with Crippen LogP contribution in [0.25, 0.3) is 5.70 Å². The van der Waals surface area contributed by atoms with Crippen molar-refractivity contribution in [2.75, 3.05) is 18.7 Å². The third-order valence-corrected chi connectivity index (χ3v) is 5.14. The van der Waals surface area contributed by atoms with Crippen molar-refractivity contribution in [3.63, 3.8) is 0 Å². The normalized spacial score (nSPS) is 16.1. The van der Waals surface area contributed by atoms with Gasteiger partial charge >= 0.3 is 0 Å². The zero-order chi connectivity index (χ0) is 19.6. The fourth-order valence-corrected chi connectivity index (χ4v) is 3.30. The van der Waals surface area contributed by atoms with E-state index in [-0.39, 0.29) is 22.4 Å². The largest absolute Gasteiger partial charge is 0.496 e. The van der Waals surface area contributed by atoms with Crippen molar-refractivity contribution in [2.45, 2.75) is 18.0 Å². The molecule has 142 valence electrons. The highest BCUT2D eigenvalue weighted by Crippen LogP contribution is 2.25. The van der Waals surface area contributed by atoms with Crippen molar-refractivity contribution in [1.82, 2.24) is 5.32 Å². The first kappa shape index (κ1) is 18.8. The van der Waals surface area contributed by atoms with Crippen LogP contribution in [0.3, 0.4) is 0 Å². The second-order valence-corrected chi connectivity index (χ2v) is 8.14. The van der Waals surface area contributed by atoms with Gasteiger partial charge in [-0.2, -0.15) is 0 Å². The summed E-state index contributed by atoms with van der Waals surface area (Å²) in [7, 11) is -2.01. The Morgan fingerprint density at radius 2 is 2.00 bits per heavy atom. The smallest absolute Gasteiger partial charge is 0.259 e. The Morgan fingerprint density at radius 1 is 1.22 bits per heavy atom. The summed E-state index contributed by atoms with van der Waals surface area (Å²) in [6, 6.07) is 11.5. The highest BCUT2D eigenvalue weighted by atomic mass is 32.2. The molecule has 0 radical (unpaired) electrons. The van der Waals surface area contributed by atoms with Crippen LogP contribution in [0.4, 0.5) is 5.69 Å². The quantitative estimate of drug-likeness (QED) is 0.818. The van der Waals surface area contributed by atoms with Crippen LogP contribution in [-0.2, 0) is 14.6 Å². The van der Waals surface area contributed by atoms with E-state index in [0.717, 1.165) is 17.5 Å². The number of carbonyl (C=O) groups is 1. The van der Waals surface area contributed by atoms with Crippen LogP contribution >= 0.6 is 0 Å². The summed E-state index contributed by atoms with van der Waals surface area (Å²) >= 11 is 0. The van der Waals surface area contributed by atoms with Crippen molar-refractivity contribution in [3.8, 4) is 5.75 Å². The van der Waals surface area contributed by atoms with Crippen LogP contribution in [0.15, 0.2) is 53.6 Å². The van der Waals surface area contributed by atoms with Crippen LogP contribution in [-0.4, -0.2) is 33.9 Å². The number of nitrogens with one attached hydrogen (secondary N) is 2. The van der Waals surface area contributed by atoms with Gasteiger partial charge in [0, 0.05) is 17.5 Å². The van der Waals surface area contributed by atoms with Gasteiger partial charge in [0.05, 0.1) is 23.3 Å². The number of carbonyl (C=O) groups excluding carboxylic acids is 1. The molecule has 1 unspecified atom stereocenters. The molecule has 1 amide bonds. The Kier molecular flexibility index (Phi) is 5.09. The number of rotatable bonds is 5. The van der Waals surface area contributed by atoms with Crippen LogP contribution < -0.4 is 15.4 Å². The molecule has 1 aliphatic rings. The zero-order valence-electron chi connectivity index (χ0n) is 15.1. The Hall–Kier alpha value is -3.00. The van der Waals surface area contributed by atoms with Gasteiger partial charge in [-0.1, -0.05) is 12.1 Å². The summed E-state index contributed by atoms with van der Waals surface area (Å²) in [4.78, 5) is 12.7. The zero-order valence-corrected chi connectivity index (χ0v) is 16.0. The molecule has 0 spiro atoms. The summed E-state index contributed by atoms with van der Waals surface area (Å²) < 4.78 is 33.9. The molecule has 27 heavy (non-hydrogen) atoms. The summed E-state index contributed by atoms with van der Waals surface area (Å²) in [5.74, 6) is -0.212. The predicted molar refractivity (Wildman–Crippen MR) is 102 cm³/mol. The Bertz CT molecular complexity index is 1010. The molecule has 0 aromatic heterocycles. The molecule has 0 fully saturated rings. The van der Waals surface area contributed by atoms with E-state index in [1.165, 1.54) is 25.3 Å². The SMILES string of the molecule is COc1cc(S(C)(=O)=O)ccc1C(=O)Nc1cccc(C2=COC(C)N2)c1. The Morgan fingerprint density at radius 3 is 2.63 bits per heavy atom. The van der Waals surface area contributed by atoms with E-state index in [4.69, 9.17) is 9.47 Å². The molecule has 8 heteroatoms. The van der Waals surface area contributed by atoms with Gasteiger partial charge in [-0.25, -0.2) is 8.42 Å². The summed E-state index contributed by atoms with van der Waals surface area (Å²) in [6.45, 7) is 1.89. The lowest BCUT2D eigenvalue weighted by Gasteiger charge is -2.12. The van der Waals surface area contributed by atoms with Gasteiger partial charge in [0.15, 0.2) is 16.1 Å². The first-order valence-corrected chi connectivity index (χ1v) is 10.1. The molecule has 0 saturated carbocycles. The molecular formula is C19H20N2O5S. The fourth-order valence-electron chi connectivity index (χ4n) is 2.66. The minimum Gasteiger partial charge on any atom is -0.496 e. The maximum atomic E-state index is 12.6. The summed E-state index contributed by atoms with van der Waals surface area (Å²) in [6.07, 6.45) is 2.64. The summed E-state index contributed by atoms with van der Waals surface area (Å²) in [5.41, 5.74) is 2.53. The predicted octanol–water partition coefficient (Wildman–Crippen LogP) is 2.62. The van der Waals surface area contributed by atoms with E-state index in [1.807, 2.05) is 25.1 Å². The van der Waals surface area contributed by atoms with Crippen LogP contribution in [0.5, 0.6) is 5.75 Å². The van der Waals surface area contributed by atoms with E-state index in [0.29, 0.717) is 5.69 Å². The molecule has 0 aliphatic carbocycles. The molecule has 1 aliphatic heterocycles. The number of ether oxygens (including phenoxy) is 2. The lowest BCUT2D eigenvalue weighted by Crippen LogP contribution is -2.19. The maximum Gasteiger partial charge on any atom is 0.259 e. The third-order valence-electron chi connectivity index (χ3n) is 4.03. The molecule has 0 bridgehead atoms. The topological polar surface area (TPSA) is 93.7 Å². The second kappa shape index (κ2) is 7.32. The number of benzene rings is 2. The number of amides is 1. The van der Waals surface area contributed by atoms with Crippen LogP contribution in [0.1, 0.15) is 22.8 Å². The summed E-state index contributed by atoms with van der Waals surface area (Å²) in [5, 5.41) is 5.97. The number of sulfone groups is 1. The van der Waals surface area contributed by atoms with E-state index >= 15 is 0 Å². The van der Waals surface area contributed by atoms with Gasteiger partial charge in [-0.15, -0.1) is 0 Å². The van der Waals surface area contributed by atoms with Gasteiger partial charge in [-0.05, 0) is 37.3 Å². The van der Waals surface area contributed by atoms with Crippen molar-refractivity contribution < 1.29 is 22.7 Å². The van der Waals surface area contributed by atoms with Crippen molar-refractivity contribution >= 4 is 27.1 Å². The second-order valence-electron chi connectivity index (χ2n) is 6.12. The molecule has 1 heterocycles. The maximum absolute atomic E-state index is 12.6. The van der Waals surface area contributed by atoms with E-state index < -0.39 is 15.7 Å². The molecule has 0 saturated heterocycles. The number of methoxy groups -OCH3 is 1. The Balaban J connectivity index is 1.84. The van der Waals surface area contributed by atoms with Gasteiger partial charge in [0.2, 0.25) is 0 Å². The van der Waals surface area contributed by atoms with Crippen molar-refractivity contribution in [3.05, 3.63) is 59.9 Å². The molecule has 7 nitrogen and oxygen atoms in total. The van der Waals surface area contributed by atoms with Crippen molar-refractivity contribution in [1.29, 1.82) is 0 Å².